The van der Waals surface area contributed by atoms with E-state index in [4.69, 9.17) is 0 Å². The Balaban J connectivity index is 2.41. The Bertz CT molecular complexity index is 376. The number of benzene rings is 1. The van der Waals surface area contributed by atoms with Crippen LogP contribution in [0.5, 0.6) is 0 Å². The molecule has 0 N–H and O–H groups in total. The minimum absolute atomic E-state index is 0.354. The number of hydrogen-bond donors (Lipinski definition) is 0. The van der Waals surface area contributed by atoms with Gasteiger partial charge in [-0.25, -0.2) is 8.78 Å². The summed E-state index contributed by atoms with van der Waals surface area (Å²) in [4.78, 5) is 11.1. The predicted octanol–water partition coefficient (Wildman–Crippen LogP) is 2.72. The Morgan fingerprint density at radius 3 is 2.80 bits per heavy atom. The number of hydrogen-bond acceptors (Lipinski definition) is 1. The van der Waals surface area contributed by atoms with Crippen LogP contribution in [0.25, 0.3) is 0 Å². The van der Waals surface area contributed by atoms with Crippen LogP contribution in [0, 0.1) is 0 Å². The van der Waals surface area contributed by atoms with Crippen molar-refractivity contribution in [2.75, 3.05) is 0 Å². The minimum atomic E-state index is -2.43. The van der Waals surface area contributed by atoms with Crippen molar-refractivity contribution in [1.82, 2.24) is 0 Å². The quantitative estimate of drug-likeness (QED) is 0.701. The maximum Gasteiger partial charge on any atom is 0.239 e. The summed E-state index contributed by atoms with van der Waals surface area (Å²) in [7, 11) is 0. The van der Waals surface area contributed by atoms with Crippen molar-refractivity contribution in [2.45, 2.75) is 31.1 Å². The molecule has 0 bridgehead atoms. The third-order valence-electron chi connectivity index (χ3n) is 3.14. The molecule has 0 fully saturated rings. The lowest BCUT2D eigenvalue weighted by Gasteiger charge is -2.23. The van der Waals surface area contributed by atoms with E-state index in [0.29, 0.717) is 12.7 Å². The van der Waals surface area contributed by atoms with Gasteiger partial charge in [0.25, 0.3) is 0 Å². The average Bonchev–Trinajstić information content (AvgIpc) is 2.58. The summed E-state index contributed by atoms with van der Waals surface area (Å²) in [6, 6.07) is 7.38. The number of aryl methyl sites for hydroxylation is 1. The lowest BCUT2D eigenvalue weighted by atomic mass is 9.80. The van der Waals surface area contributed by atoms with Gasteiger partial charge in [0.15, 0.2) is 0 Å². The summed E-state index contributed by atoms with van der Waals surface area (Å²) >= 11 is 0. The second-order valence-corrected chi connectivity index (χ2v) is 4.03. The van der Waals surface area contributed by atoms with E-state index in [2.05, 4.69) is 0 Å². The summed E-state index contributed by atoms with van der Waals surface area (Å²) in [5, 5.41) is 0. The van der Waals surface area contributed by atoms with Crippen LogP contribution in [-0.4, -0.2) is 12.7 Å². The molecule has 0 spiro atoms. The fourth-order valence-electron chi connectivity index (χ4n) is 2.37. The van der Waals surface area contributed by atoms with Crippen LogP contribution in [0.1, 0.15) is 24.0 Å². The number of rotatable bonds is 3. The van der Waals surface area contributed by atoms with Crippen LogP contribution in [0.4, 0.5) is 8.78 Å². The largest absolute Gasteiger partial charge is 0.302 e. The molecule has 3 heteroatoms. The molecule has 0 radical (unpaired) electrons. The van der Waals surface area contributed by atoms with Crippen molar-refractivity contribution in [2.24, 2.45) is 0 Å². The first-order valence-corrected chi connectivity index (χ1v) is 5.01. The standard InChI is InChI=1S/C12H12F2O/c13-11(14)7-12(8-15)6-5-9-3-1-2-4-10(9)12/h1-4,8,11H,5-7H2. The van der Waals surface area contributed by atoms with Gasteiger partial charge in [0, 0.05) is 6.42 Å². The number of halogens is 2. The third-order valence-corrected chi connectivity index (χ3v) is 3.14. The van der Waals surface area contributed by atoms with Crippen LogP contribution < -0.4 is 0 Å². The summed E-state index contributed by atoms with van der Waals surface area (Å²) in [6.45, 7) is 0. The zero-order valence-electron chi connectivity index (χ0n) is 8.25. The summed E-state index contributed by atoms with van der Waals surface area (Å²) in [6.07, 6.45) is -0.846. The second-order valence-electron chi connectivity index (χ2n) is 4.03. The third kappa shape index (κ3) is 1.66. The highest BCUT2D eigenvalue weighted by molar-refractivity contribution is 5.71. The number of carbonyl (C=O) groups is 1. The van der Waals surface area contributed by atoms with Crippen molar-refractivity contribution in [3.05, 3.63) is 35.4 Å². The van der Waals surface area contributed by atoms with Gasteiger partial charge in [0.2, 0.25) is 6.43 Å². The second kappa shape index (κ2) is 3.72. The molecule has 0 heterocycles. The van der Waals surface area contributed by atoms with Gasteiger partial charge in [-0.3, -0.25) is 0 Å². The topological polar surface area (TPSA) is 17.1 Å². The molecule has 0 saturated heterocycles. The highest BCUT2D eigenvalue weighted by Gasteiger charge is 2.40. The first kappa shape index (κ1) is 10.3. The molecule has 1 aliphatic rings. The molecule has 1 aromatic rings. The van der Waals surface area contributed by atoms with Gasteiger partial charge >= 0.3 is 0 Å². The fourth-order valence-corrected chi connectivity index (χ4v) is 2.37. The normalized spacial score (nSPS) is 24.2. The zero-order valence-corrected chi connectivity index (χ0v) is 8.25. The first-order chi connectivity index (χ1) is 7.18. The first-order valence-electron chi connectivity index (χ1n) is 5.01. The highest BCUT2D eigenvalue weighted by Crippen LogP contribution is 2.41. The predicted molar refractivity (Wildman–Crippen MR) is 53.1 cm³/mol. The molecule has 2 rings (SSSR count). The Hall–Kier alpha value is -1.25. The molecule has 0 aliphatic heterocycles. The number of aldehydes is 1. The zero-order chi connectivity index (χ0) is 10.9. The van der Waals surface area contributed by atoms with Crippen molar-refractivity contribution >= 4 is 6.29 Å². The van der Waals surface area contributed by atoms with E-state index in [1.807, 2.05) is 12.1 Å². The molecule has 1 aliphatic carbocycles. The average molecular weight is 210 g/mol. The van der Waals surface area contributed by atoms with Gasteiger partial charge in [-0.2, -0.15) is 0 Å². The van der Waals surface area contributed by atoms with Gasteiger partial charge in [-0.15, -0.1) is 0 Å². The number of fused-ring (bicyclic) bond motifs is 1. The highest BCUT2D eigenvalue weighted by atomic mass is 19.3. The molecular formula is C12H12F2O. The molecule has 0 saturated carbocycles. The SMILES string of the molecule is O=CC1(CC(F)F)CCc2ccccc21. The molecule has 0 amide bonds. The molecule has 1 aromatic carbocycles. The summed E-state index contributed by atoms with van der Waals surface area (Å²) in [5.74, 6) is 0. The van der Waals surface area contributed by atoms with Gasteiger partial charge in [-0.1, -0.05) is 24.3 Å². The molecule has 80 valence electrons. The summed E-state index contributed by atoms with van der Waals surface area (Å²) in [5.41, 5.74) is 0.885. The van der Waals surface area contributed by atoms with Crippen LogP contribution in [0.15, 0.2) is 24.3 Å². The fraction of sp³-hybridized carbons (Fsp3) is 0.417. The van der Waals surface area contributed by atoms with Crippen LogP contribution in [0.3, 0.4) is 0 Å². The van der Waals surface area contributed by atoms with Crippen LogP contribution in [-0.2, 0) is 16.6 Å². The van der Waals surface area contributed by atoms with Crippen molar-refractivity contribution in [3.63, 3.8) is 0 Å². The van der Waals surface area contributed by atoms with Crippen molar-refractivity contribution in [3.8, 4) is 0 Å². The van der Waals surface area contributed by atoms with Crippen LogP contribution >= 0.6 is 0 Å². The van der Waals surface area contributed by atoms with Crippen LogP contribution in [0.2, 0.25) is 0 Å². The van der Waals surface area contributed by atoms with E-state index in [9.17, 15) is 13.6 Å². The number of carbonyl (C=O) groups excluding carboxylic acids is 1. The molecule has 1 nitrogen and oxygen atoms in total. The Labute approximate surface area is 87.1 Å². The van der Waals surface area contributed by atoms with Gasteiger partial charge in [0.05, 0.1) is 5.41 Å². The Morgan fingerprint density at radius 1 is 1.40 bits per heavy atom. The van der Waals surface area contributed by atoms with E-state index >= 15 is 0 Å². The Kier molecular flexibility index (Phi) is 2.55. The monoisotopic (exact) mass is 210 g/mol. The molecule has 0 aromatic heterocycles. The minimum Gasteiger partial charge on any atom is -0.302 e. The van der Waals surface area contributed by atoms with Gasteiger partial charge < -0.3 is 4.79 Å². The van der Waals surface area contributed by atoms with E-state index in [-0.39, 0.29) is 6.42 Å². The summed E-state index contributed by atoms with van der Waals surface area (Å²) < 4.78 is 24.9. The maximum absolute atomic E-state index is 12.5. The van der Waals surface area contributed by atoms with Crippen molar-refractivity contribution < 1.29 is 13.6 Å². The van der Waals surface area contributed by atoms with Crippen molar-refractivity contribution in [1.29, 1.82) is 0 Å². The Morgan fingerprint density at radius 2 is 2.13 bits per heavy atom. The molecule has 1 unspecified atom stereocenters. The van der Waals surface area contributed by atoms with E-state index in [1.54, 1.807) is 12.1 Å². The number of alkyl halides is 2. The molecule has 1 atom stereocenters. The smallest absolute Gasteiger partial charge is 0.239 e. The molecule has 15 heavy (non-hydrogen) atoms. The lowest BCUT2D eigenvalue weighted by molar-refractivity contribution is -0.114. The van der Waals surface area contributed by atoms with Gasteiger partial charge in [-0.05, 0) is 24.0 Å². The maximum atomic E-state index is 12.5. The molecular weight excluding hydrogens is 198 g/mol. The van der Waals surface area contributed by atoms with E-state index < -0.39 is 11.8 Å². The lowest BCUT2D eigenvalue weighted by Crippen LogP contribution is -2.27. The van der Waals surface area contributed by atoms with Gasteiger partial charge in [0.1, 0.15) is 6.29 Å². The van der Waals surface area contributed by atoms with E-state index in [1.165, 1.54) is 0 Å². The van der Waals surface area contributed by atoms with E-state index in [0.717, 1.165) is 17.5 Å².